The van der Waals surface area contributed by atoms with E-state index in [-0.39, 0.29) is 21.8 Å². The Morgan fingerprint density at radius 1 is 1.22 bits per heavy atom. The summed E-state index contributed by atoms with van der Waals surface area (Å²) >= 11 is 5.74. The maximum Gasteiger partial charge on any atom is 0.335 e. The molecule has 0 radical (unpaired) electrons. The van der Waals surface area contributed by atoms with Crippen molar-refractivity contribution in [3.8, 4) is 6.07 Å². The molecule has 2 aromatic carbocycles. The summed E-state index contributed by atoms with van der Waals surface area (Å²) in [6.45, 7) is 0. The minimum atomic E-state index is -1.06. The highest BCUT2D eigenvalue weighted by atomic mass is 35.5. The number of nitro benzene ring substituents is 1. The minimum Gasteiger partial charge on any atom is -0.478 e. The molecule has 0 saturated carbocycles. The number of aromatic carboxylic acids is 1. The first-order valence-electron chi connectivity index (χ1n) is 6.32. The smallest absolute Gasteiger partial charge is 0.335 e. The number of hydrogen-bond donors (Lipinski definition) is 1. The molecule has 114 valence electrons. The van der Waals surface area contributed by atoms with Crippen molar-refractivity contribution >= 4 is 34.9 Å². The van der Waals surface area contributed by atoms with Crippen LogP contribution in [0, 0.1) is 21.4 Å². The summed E-state index contributed by atoms with van der Waals surface area (Å²) in [7, 11) is 0. The summed E-state index contributed by atoms with van der Waals surface area (Å²) in [5.74, 6) is -1.06. The molecule has 0 aliphatic heterocycles. The van der Waals surface area contributed by atoms with E-state index < -0.39 is 10.9 Å². The SMILES string of the molecule is N#C/C(=C/c1ccc(Cl)c([N+](=O)[O-])c1)c1ccc(C(=O)O)cc1. The van der Waals surface area contributed by atoms with E-state index in [2.05, 4.69) is 0 Å². The van der Waals surface area contributed by atoms with Gasteiger partial charge in [-0.1, -0.05) is 29.8 Å². The van der Waals surface area contributed by atoms with Gasteiger partial charge in [-0.2, -0.15) is 5.26 Å². The Bertz CT molecular complexity index is 851. The Kier molecular flexibility index (Phi) is 4.74. The van der Waals surface area contributed by atoms with Gasteiger partial charge >= 0.3 is 5.97 Å². The van der Waals surface area contributed by atoms with Crippen LogP contribution in [0.5, 0.6) is 0 Å². The lowest BCUT2D eigenvalue weighted by atomic mass is 10.0. The number of rotatable bonds is 4. The van der Waals surface area contributed by atoms with Crippen LogP contribution < -0.4 is 0 Å². The molecule has 0 amide bonds. The number of allylic oxidation sites excluding steroid dienone is 1. The summed E-state index contributed by atoms with van der Waals surface area (Å²) in [6.07, 6.45) is 1.47. The third-order valence-electron chi connectivity index (χ3n) is 3.04. The average molecular weight is 329 g/mol. The van der Waals surface area contributed by atoms with Crippen LogP contribution in [0.4, 0.5) is 5.69 Å². The van der Waals surface area contributed by atoms with Gasteiger partial charge in [0.25, 0.3) is 5.69 Å². The van der Waals surface area contributed by atoms with Crippen molar-refractivity contribution in [2.24, 2.45) is 0 Å². The highest BCUT2D eigenvalue weighted by molar-refractivity contribution is 6.32. The van der Waals surface area contributed by atoms with Gasteiger partial charge in [-0.05, 0) is 35.4 Å². The fourth-order valence-corrected chi connectivity index (χ4v) is 2.09. The molecule has 2 rings (SSSR count). The predicted molar refractivity (Wildman–Crippen MR) is 85.0 cm³/mol. The van der Waals surface area contributed by atoms with Gasteiger partial charge in [0.05, 0.1) is 22.1 Å². The number of nitriles is 1. The molecule has 0 fully saturated rings. The maximum atomic E-state index is 10.9. The molecule has 0 aliphatic rings. The van der Waals surface area contributed by atoms with Crippen LogP contribution in [0.3, 0.4) is 0 Å². The lowest BCUT2D eigenvalue weighted by Gasteiger charge is -2.02. The maximum absolute atomic E-state index is 10.9. The zero-order valence-corrected chi connectivity index (χ0v) is 12.3. The van der Waals surface area contributed by atoms with Crippen LogP contribution in [0.1, 0.15) is 21.5 Å². The zero-order chi connectivity index (χ0) is 17.0. The third kappa shape index (κ3) is 3.73. The van der Waals surface area contributed by atoms with E-state index >= 15 is 0 Å². The second-order valence-corrected chi connectivity index (χ2v) is 4.93. The normalized spacial score (nSPS) is 10.9. The second kappa shape index (κ2) is 6.73. The third-order valence-corrected chi connectivity index (χ3v) is 3.36. The molecule has 0 aromatic heterocycles. The number of hydrogen-bond acceptors (Lipinski definition) is 4. The van der Waals surface area contributed by atoms with Gasteiger partial charge in [0.1, 0.15) is 5.02 Å². The highest BCUT2D eigenvalue weighted by Gasteiger charge is 2.12. The molecule has 0 saturated heterocycles. The van der Waals surface area contributed by atoms with Crippen molar-refractivity contribution in [2.45, 2.75) is 0 Å². The van der Waals surface area contributed by atoms with Crippen LogP contribution in [0.25, 0.3) is 11.6 Å². The van der Waals surface area contributed by atoms with Gasteiger partial charge in [-0.15, -0.1) is 0 Å². The van der Waals surface area contributed by atoms with Gasteiger partial charge in [-0.25, -0.2) is 4.79 Å². The average Bonchev–Trinajstić information content (AvgIpc) is 2.54. The molecule has 0 atom stereocenters. The molecular weight excluding hydrogens is 320 g/mol. The lowest BCUT2D eigenvalue weighted by Crippen LogP contribution is -1.95. The number of carbonyl (C=O) groups is 1. The van der Waals surface area contributed by atoms with Gasteiger partial charge < -0.3 is 5.11 Å². The zero-order valence-electron chi connectivity index (χ0n) is 11.6. The number of carboxylic acid groups (broad SMARTS) is 1. The molecule has 0 unspecified atom stereocenters. The van der Waals surface area contributed by atoms with Gasteiger partial charge in [0, 0.05) is 6.07 Å². The molecule has 7 heteroatoms. The molecule has 1 N–H and O–H groups in total. The largest absolute Gasteiger partial charge is 0.478 e. The Morgan fingerprint density at radius 2 is 1.83 bits per heavy atom. The van der Waals surface area contributed by atoms with E-state index in [1.807, 2.05) is 6.07 Å². The molecule has 0 spiro atoms. The number of benzene rings is 2. The highest BCUT2D eigenvalue weighted by Crippen LogP contribution is 2.27. The lowest BCUT2D eigenvalue weighted by molar-refractivity contribution is -0.384. The second-order valence-electron chi connectivity index (χ2n) is 4.52. The van der Waals surface area contributed by atoms with E-state index in [0.717, 1.165) is 0 Å². The van der Waals surface area contributed by atoms with Crippen molar-refractivity contribution in [3.05, 3.63) is 74.3 Å². The molecule has 23 heavy (non-hydrogen) atoms. The van der Waals surface area contributed by atoms with E-state index in [0.29, 0.717) is 11.1 Å². The summed E-state index contributed by atoms with van der Waals surface area (Å²) in [6, 6.07) is 12.0. The van der Waals surface area contributed by atoms with E-state index in [1.165, 1.54) is 42.5 Å². The molecule has 2 aromatic rings. The Hall–Kier alpha value is -3.17. The van der Waals surface area contributed by atoms with Crippen LogP contribution in [0.15, 0.2) is 42.5 Å². The molecule has 0 heterocycles. The first-order valence-corrected chi connectivity index (χ1v) is 6.69. The standard InChI is InChI=1S/C16H9ClN2O4/c17-14-6-1-10(8-15(14)19(22)23)7-13(9-18)11-2-4-12(5-3-11)16(20)21/h1-8H,(H,20,21)/b13-7-. The first kappa shape index (κ1) is 16.2. The fraction of sp³-hybridized carbons (Fsp3) is 0. The van der Waals surface area contributed by atoms with Crippen molar-refractivity contribution in [3.63, 3.8) is 0 Å². The van der Waals surface area contributed by atoms with E-state index in [9.17, 15) is 20.2 Å². The van der Waals surface area contributed by atoms with Gasteiger partial charge in [0.15, 0.2) is 0 Å². The Morgan fingerprint density at radius 3 is 2.35 bits per heavy atom. The number of carboxylic acids is 1. The van der Waals surface area contributed by atoms with Crippen molar-refractivity contribution < 1.29 is 14.8 Å². The van der Waals surface area contributed by atoms with Crippen LogP contribution >= 0.6 is 11.6 Å². The van der Waals surface area contributed by atoms with E-state index in [1.54, 1.807) is 6.07 Å². The number of halogens is 1. The first-order chi connectivity index (χ1) is 10.9. The predicted octanol–water partition coefficient (Wildman–Crippen LogP) is 4.01. The minimum absolute atomic E-state index is 0.0106. The summed E-state index contributed by atoms with van der Waals surface area (Å²) in [5.41, 5.74) is 1.06. The van der Waals surface area contributed by atoms with Gasteiger partial charge in [0.2, 0.25) is 0 Å². The molecular formula is C16H9ClN2O4. The van der Waals surface area contributed by atoms with E-state index in [4.69, 9.17) is 16.7 Å². The van der Waals surface area contributed by atoms with Crippen LogP contribution in [-0.4, -0.2) is 16.0 Å². The van der Waals surface area contributed by atoms with Crippen molar-refractivity contribution in [2.75, 3.05) is 0 Å². The monoisotopic (exact) mass is 328 g/mol. The summed E-state index contributed by atoms with van der Waals surface area (Å²) < 4.78 is 0. The Balaban J connectivity index is 2.43. The summed E-state index contributed by atoms with van der Waals surface area (Å²) in [5, 5.41) is 29.0. The molecule has 6 nitrogen and oxygen atoms in total. The quantitative estimate of drug-likeness (QED) is 0.395. The van der Waals surface area contributed by atoms with Crippen molar-refractivity contribution in [1.82, 2.24) is 0 Å². The number of nitrogens with zero attached hydrogens (tertiary/aromatic N) is 2. The fourth-order valence-electron chi connectivity index (χ4n) is 1.90. The topological polar surface area (TPSA) is 104 Å². The number of nitro groups is 1. The Labute approximate surface area is 136 Å². The molecule has 0 bridgehead atoms. The van der Waals surface area contributed by atoms with Crippen molar-refractivity contribution in [1.29, 1.82) is 5.26 Å². The van der Waals surface area contributed by atoms with Gasteiger partial charge in [-0.3, -0.25) is 10.1 Å². The summed E-state index contributed by atoms with van der Waals surface area (Å²) in [4.78, 5) is 21.1. The van der Waals surface area contributed by atoms with Crippen LogP contribution in [0.2, 0.25) is 5.02 Å². The molecule has 0 aliphatic carbocycles. The van der Waals surface area contributed by atoms with Crippen LogP contribution in [-0.2, 0) is 0 Å².